The van der Waals surface area contributed by atoms with E-state index in [1.165, 1.54) is 37.8 Å². The Hall–Kier alpha value is -1.02. The average molecular weight is 219 g/mol. The normalized spacial score (nSPS) is 21.4. The molecule has 0 radical (unpaired) electrons. The number of rotatable bonds is 3. The van der Waals surface area contributed by atoms with E-state index >= 15 is 0 Å². The zero-order chi connectivity index (χ0) is 11.2. The molecule has 1 saturated heterocycles. The summed E-state index contributed by atoms with van der Waals surface area (Å²) in [5.74, 6) is 0.942. The fourth-order valence-electron chi connectivity index (χ4n) is 2.32. The lowest BCUT2D eigenvalue weighted by molar-refractivity contribution is 0.414. The number of nitrogens with one attached hydrogen (secondary N) is 1. The first kappa shape index (κ1) is 11.5. The van der Waals surface area contributed by atoms with Crippen molar-refractivity contribution in [1.82, 2.24) is 5.32 Å². The molecule has 0 aromatic heterocycles. The summed E-state index contributed by atoms with van der Waals surface area (Å²) in [6.45, 7) is 1.18. The average Bonchev–Trinajstić information content (AvgIpc) is 2.59. The van der Waals surface area contributed by atoms with E-state index in [2.05, 4.69) is 17.4 Å². The molecule has 2 heteroatoms. The topological polar surface area (TPSA) is 21.3 Å². The molecule has 0 unspecified atom stereocenters. The Kier molecular flexibility index (Phi) is 4.23. The highest BCUT2D eigenvalue weighted by molar-refractivity contribution is 5.27. The van der Waals surface area contributed by atoms with Crippen LogP contribution < -0.4 is 10.1 Å². The van der Waals surface area contributed by atoms with E-state index < -0.39 is 0 Å². The van der Waals surface area contributed by atoms with Crippen LogP contribution in [-0.4, -0.2) is 19.7 Å². The molecule has 1 aromatic rings. The molecule has 1 aliphatic heterocycles. The Morgan fingerprint density at radius 3 is 2.75 bits per heavy atom. The van der Waals surface area contributed by atoms with Crippen LogP contribution in [0.2, 0.25) is 0 Å². The summed E-state index contributed by atoms with van der Waals surface area (Å²) in [6, 6.07) is 9.10. The second-order valence-corrected chi connectivity index (χ2v) is 4.55. The lowest BCUT2D eigenvalue weighted by Gasteiger charge is -2.15. The highest BCUT2D eigenvalue weighted by Gasteiger charge is 2.11. The van der Waals surface area contributed by atoms with Gasteiger partial charge < -0.3 is 10.1 Å². The molecule has 1 aromatic carbocycles. The second-order valence-electron chi connectivity index (χ2n) is 4.55. The van der Waals surface area contributed by atoms with Gasteiger partial charge in [-0.15, -0.1) is 0 Å². The number of benzene rings is 1. The van der Waals surface area contributed by atoms with Gasteiger partial charge in [0.15, 0.2) is 0 Å². The van der Waals surface area contributed by atoms with Crippen molar-refractivity contribution >= 4 is 0 Å². The molecule has 2 nitrogen and oxygen atoms in total. The van der Waals surface area contributed by atoms with Crippen LogP contribution in [0.1, 0.15) is 31.2 Å². The van der Waals surface area contributed by atoms with Crippen LogP contribution >= 0.6 is 0 Å². The van der Waals surface area contributed by atoms with Gasteiger partial charge in [0.1, 0.15) is 5.75 Å². The van der Waals surface area contributed by atoms with Crippen molar-refractivity contribution in [2.45, 2.75) is 38.1 Å². The summed E-state index contributed by atoms with van der Waals surface area (Å²) in [7, 11) is 1.71. The summed E-state index contributed by atoms with van der Waals surface area (Å²) in [6.07, 6.45) is 6.54. The molecule has 16 heavy (non-hydrogen) atoms. The molecule has 2 rings (SSSR count). The van der Waals surface area contributed by atoms with Crippen LogP contribution in [0.15, 0.2) is 24.3 Å². The van der Waals surface area contributed by atoms with Crippen molar-refractivity contribution in [2.75, 3.05) is 13.7 Å². The van der Waals surface area contributed by atoms with Gasteiger partial charge in [-0.2, -0.15) is 0 Å². The van der Waals surface area contributed by atoms with Gasteiger partial charge in [0, 0.05) is 6.04 Å². The van der Waals surface area contributed by atoms with E-state index in [4.69, 9.17) is 4.74 Å². The van der Waals surface area contributed by atoms with Crippen LogP contribution in [0.4, 0.5) is 0 Å². The Morgan fingerprint density at radius 1 is 1.19 bits per heavy atom. The fraction of sp³-hybridized carbons (Fsp3) is 0.571. The maximum absolute atomic E-state index is 5.16. The third-order valence-electron chi connectivity index (χ3n) is 3.30. The molecule has 1 N–H and O–H groups in total. The predicted octanol–water partition coefficient (Wildman–Crippen LogP) is 2.77. The van der Waals surface area contributed by atoms with Crippen LogP contribution in [0.3, 0.4) is 0 Å². The Morgan fingerprint density at radius 2 is 2.00 bits per heavy atom. The van der Waals surface area contributed by atoms with E-state index in [0.717, 1.165) is 12.2 Å². The largest absolute Gasteiger partial charge is 0.497 e. The third-order valence-corrected chi connectivity index (χ3v) is 3.30. The number of methoxy groups -OCH3 is 1. The summed E-state index contributed by atoms with van der Waals surface area (Å²) in [4.78, 5) is 0. The highest BCUT2D eigenvalue weighted by Crippen LogP contribution is 2.16. The van der Waals surface area contributed by atoms with Gasteiger partial charge in [-0.05, 0) is 43.5 Å². The molecule has 0 saturated carbocycles. The zero-order valence-electron chi connectivity index (χ0n) is 10.0. The molecule has 1 fully saturated rings. The SMILES string of the molecule is COc1ccc(C[C@H]2CCCCCN2)cc1. The van der Waals surface area contributed by atoms with Gasteiger partial charge in [-0.3, -0.25) is 0 Å². The second kappa shape index (κ2) is 5.90. The van der Waals surface area contributed by atoms with Gasteiger partial charge in [0.05, 0.1) is 7.11 Å². The Bertz CT molecular complexity index is 299. The van der Waals surface area contributed by atoms with Gasteiger partial charge in [-0.25, -0.2) is 0 Å². The van der Waals surface area contributed by atoms with Crippen molar-refractivity contribution in [3.05, 3.63) is 29.8 Å². The van der Waals surface area contributed by atoms with Crippen LogP contribution in [0.5, 0.6) is 5.75 Å². The fourth-order valence-corrected chi connectivity index (χ4v) is 2.32. The first-order chi connectivity index (χ1) is 7.88. The molecule has 1 atom stereocenters. The first-order valence-electron chi connectivity index (χ1n) is 6.25. The van der Waals surface area contributed by atoms with Crippen molar-refractivity contribution < 1.29 is 4.74 Å². The van der Waals surface area contributed by atoms with Crippen molar-refractivity contribution in [2.24, 2.45) is 0 Å². The monoisotopic (exact) mass is 219 g/mol. The van der Waals surface area contributed by atoms with Gasteiger partial charge >= 0.3 is 0 Å². The van der Waals surface area contributed by atoms with E-state index in [1.807, 2.05) is 12.1 Å². The number of hydrogen-bond donors (Lipinski definition) is 1. The van der Waals surface area contributed by atoms with E-state index in [1.54, 1.807) is 7.11 Å². The van der Waals surface area contributed by atoms with Crippen LogP contribution in [0, 0.1) is 0 Å². The summed E-state index contributed by atoms with van der Waals surface area (Å²) in [5.41, 5.74) is 1.40. The van der Waals surface area contributed by atoms with Crippen molar-refractivity contribution in [3.63, 3.8) is 0 Å². The van der Waals surface area contributed by atoms with E-state index in [0.29, 0.717) is 6.04 Å². The summed E-state index contributed by atoms with van der Waals surface area (Å²) in [5, 5.41) is 3.63. The predicted molar refractivity (Wildman–Crippen MR) is 67.0 cm³/mol. The highest BCUT2D eigenvalue weighted by atomic mass is 16.5. The Labute approximate surface area is 98.0 Å². The molecule has 88 valence electrons. The molecule has 1 aliphatic rings. The standard InChI is InChI=1S/C14H21NO/c1-16-14-8-6-12(7-9-14)11-13-5-3-2-4-10-15-13/h6-9,13,15H,2-5,10-11H2,1H3/t13-/m1/s1. The smallest absolute Gasteiger partial charge is 0.118 e. The molecule has 0 amide bonds. The number of ether oxygens (including phenoxy) is 1. The Balaban J connectivity index is 1.91. The number of hydrogen-bond acceptors (Lipinski definition) is 2. The third kappa shape index (κ3) is 3.24. The first-order valence-corrected chi connectivity index (χ1v) is 6.25. The lowest BCUT2D eigenvalue weighted by atomic mass is 10.0. The van der Waals surface area contributed by atoms with Crippen molar-refractivity contribution in [3.8, 4) is 5.75 Å². The van der Waals surface area contributed by atoms with Crippen molar-refractivity contribution in [1.29, 1.82) is 0 Å². The summed E-state index contributed by atoms with van der Waals surface area (Å²) < 4.78 is 5.16. The molecular weight excluding hydrogens is 198 g/mol. The maximum Gasteiger partial charge on any atom is 0.118 e. The molecule has 0 aliphatic carbocycles. The minimum Gasteiger partial charge on any atom is -0.497 e. The van der Waals surface area contributed by atoms with Crippen LogP contribution in [0.25, 0.3) is 0 Å². The van der Waals surface area contributed by atoms with E-state index in [9.17, 15) is 0 Å². The molecular formula is C14H21NO. The quantitative estimate of drug-likeness (QED) is 0.844. The minimum atomic E-state index is 0.663. The van der Waals surface area contributed by atoms with Gasteiger partial charge in [-0.1, -0.05) is 25.0 Å². The molecule has 0 spiro atoms. The van der Waals surface area contributed by atoms with Crippen LogP contribution in [-0.2, 0) is 6.42 Å². The zero-order valence-corrected chi connectivity index (χ0v) is 10.0. The molecule has 1 heterocycles. The van der Waals surface area contributed by atoms with Gasteiger partial charge in [0.25, 0.3) is 0 Å². The molecule has 0 bridgehead atoms. The minimum absolute atomic E-state index is 0.663. The summed E-state index contributed by atoms with van der Waals surface area (Å²) >= 11 is 0. The lowest BCUT2D eigenvalue weighted by Crippen LogP contribution is -2.30. The maximum atomic E-state index is 5.16. The van der Waals surface area contributed by atoms with Gasteiger partial charge in [0.2, 0.25) is 0 Å². The van der Waals surface area contributed by atoms with E-state index in [-0.39, 0.29) is 0 Å².